The molecule has 4 fully saturated rings. The Labute approximate surface area is 321 Å². The molecule has 0 radical (unpaired) electrons. The van der Waals surface area contributed by atoms with Gasteiger partial charge in [0.1, 0.15) is 0 Å². The third-order valence-corrected chi connectivity index (χ3v) is 10.7. The van der Waals surface area contributed by atoms with Crippen molar-refractivity contribution in [3.8, 4) is 22.5 Å². The van der Waals surface area contributed by atoms with Gasteiger partial charge in [0, 0.05) is 79.6 Å². The molecule has 2 amide bonds. The lowest BCUT2D eigenvalue weighted by Gasteiger charge is -2.37. The summed E-state index contributed by atoms with van der Waals surface area (Å²) in [7, 11) is 0. The zero-order valence-corrected chi connectivity index (χ0v) is 32.1. The molecule has 10 rings (SSSR count). The highest BCUT2D eigenvalue weighted by atomic mass is 32.1. The minimum absolute atomic E-state index is 0. The van der Waals surface area contributed by atoms with Crippen molar-refractivity contribution in [1.29, 1.82) is 0 Å². The average Bonchev–Trinajstić information content (AvgIpc) is 3.70. The van der Waals surface area contributed by atoms with Gasteiger partial charge in [0.25, 0.3) is 0 Å². The van der Waals surface area contributed by atoms with Gasteiger partial charge in [-0.1, -0.05) is 0 Å². The number of anilines is 4. The van der Waals surface area contributed by atoms with E-state index in [1.165, 1.54) is 31.4 Å². The van der Waals surface area contributed by atoms with Crippen molar-refractivity contribution in [2.45, 2.75) is 83.0 Å². The number of amides is 2. The number of hydrogen-bond acceptors (Lipinski definition) is 9. The van der Waals surface area contributed by atoms with E-state index in [0.29, 0.717) is 18.1 Å². The van der Waals surface area contributed by atoms with E-state index >= 15 is 0 Å². The van der Waals surface area contributed by atoms with Crippen LogP contribution in [0.5, 0.6) is 0 Å². The molecule has 6 aliphatic rings. The molecule has 274 valence electrons. The van der Waals surface area contributed by atoms with Gasteiger partial charge in [-0.15, -0.1) is 0 Å². The van der Waals surface area contributed by atoms with Crippen LogP contribution in [0.15, 0.2) is 60.9 Å². The molecule has 3 atom stereocenters. The maximum absolute atomic E-state index is 13.0. The molecule has 4 aromatic heterocycles. The van der Waals surface area contributed by atoms with E-state index < -0.39 is 0 Å². The van der Waals surface area contributed by atoms with Gasteiger partial charge >= 0.3 is 6.03 Å². The van der Waals surface area contributed by atoms with E-state index in [1.807, 2.05) is 49.2 Å². The van der Waals surface area contributed by atoms with Crippen LogP contribution in [0, 0.1) is 20.3 Å². The van der Waals surface area contributed by atoms with Crippen molar-refractivity contribution in [3.63, 3.8) is 0 Å². The maximum Gasteiger partial charge on any atom is 0.323 e. The highest BCUT2D eigenvalue weighted by Gasteiger charge is 2.41. The van der Waals surface area contributed by atoms with E-state index in [4.69, 9.17) is 15.7 Å². The second-order valence-corrected chi connectivity index (χ2v) is 14.4. The number of hydrogen-bond donors (Lipinski definition) is 3. The summed E-state index contributed by atoms with van der Waals surface area (Å²) in [6, 6.07) is 18.1. The fraction of sp³-hybridized carbons (Fsp3) is 0.436. The van der Waals surface area contributed by atoms with Gasteiger partial charge in [-0.25, -0.2) is 14.8 Å². The number of nitrogens with zero attached hydrogens (tertiary/aromatic N) is 7. The van der Waals surface area contributed by atoms with Gasteiger partial charge in [-0.2, -0.15) is 27.0 Å². The van der Waals surface area contributed by atoms with Crippen molar-refractivity contribution >= 4 is 56.0 Å². The SMILES string of the molecule is Cc1cc(-c2ccc3c(n2)N(C(=O)NC2CCC2)[C@H]2CCN3C2)ccn1.Cc1cc(-c2ccc3c(n2)N[C@H]2CCN3C2)ccn1.NC1[CH+]CC1.S.S. The summed E-state index contributed by atoms with van der Waals surface area (Å²) in [5.74, 6) is 1.82. The van der Waals surface area contributed by atoms with Crippen LogP contribution in [-0.2, 0) is 0 Å². The van der Waals surface area contributed by atoms with Crippen LogP contribution >= 0.6 is 27.0 Å². The van der Waals surface area contributed by atoms with Crippen LogP contribution in [0.4, 0.5) is 27.8 Å². The number of aromatic nitrogens is 4. The Morgan fingerprint density at radius 3 is 2.04 bits per heavy atom. The smallest absolute Gasteiger partial charge is 0.323 e. The molecule has 11 nitrogen and oxygen atoms in total. The van der Waals surface area contributed by atoms with Crippen LogP contribution < -0.4 is 31.1 Å². The van der Waals surface area contributed by atoms with E-state index in [-0.39, 0.29) is 39.1 Å². The maximum atomic E-state index is 13.0. The first-order valence-electron chi connectivity index (χ1n) is 18.2. The molecule has 13 heteroatoms. The zero-order valence-electron chi connectivity index (χ0n) is 30.1. The van der Waals surface area contributed by atoms with Crippen LogP contribution in [0.25, 0.3) is 22.5 Å². The monoisotopic (exact) mass is 739 g/mol. The highest BCUT2D eigenvalue weighted by Crippen LogP contribution is 2.40. The summed E-state index contributed by atoms with van der Waals surface area (Å²) in [6.07, 6.45) is 13.8. The molecule has 4 bridgehead atoms. The third kappa shape index (κ3) is 7.91. The van der Waals surface area contributed by atoms with Crippen molar-refractivity contribution in [2.75, 3.05) is 46.2 Å². The second kappa shape index (κ2) is 16.2. The minimum atomic E-state index is 0. The Morgan fingerprint density at radius 2 is 1.44 bits per heavy atom. The number of nitrogens with two attached hydrogens (primary N) is 1. The van der Waals surface area contributed by atoms with Gasteiger partial charge in [-0.3, -0.25) is 20.6 Å². The molecule has 2 saturated carbocycles. The van der Waals surface area contributed by atoms with Gasteiger partial charge in [0.15, 0.2) is 17.7 Å². The first-order chi connectivity index (χ1) is 24.4. The quantitative estimate of drug-likeness (QED) is 0.214. The van der Waals surface area contributed by atoms with E-state index in [2.05, 4.69) is 61.1 Å². The molecular weight excluding hydrogens is 689 g/mol. The molecule has 4 aromatic rings. The zero-order chi connectivity index (χ0) is 34.2. The summed E-state index contributed by atoms with van der Waals surface area (Å²) in [6.45, 7) is 8.13. The number of pyridine rings is 4. The van der Waals surface area contributed by atoms with Crippen molar-refractivity contribution in [3.05, 3.63) is 78.7 Å². The predicted molar refractivity (Wildman–Crippen MR) is 220 cm³/mol. The van der Waals surface area contributed by atoms with Gasteiger partial charge in [0.2, 0.25) is 0 Å². The lowest BCUT2D eigenvalue weighted by molar-refractivity contribution is 0.231. The number of aryl methyl sites for hydroxylation is 2. The van der Waals surface area contributed by atoms with Gasteiger partial charge < -0.3 is 20.4 Å². The average molecular weight is 740 g/mol. The lowest BCUT2D eigenvalue weighted by Crippen LogP contribution is -2.54. The standard InChI is InChI=1S/C20H23N5O.C15H16N4.C4H8N.2H2S/c1-13-11-14(7-9-21-13)17-5-6-18-19(23-17)25(16-8-10-24(18)12-16)20(26)22-15-3-2-4-15;1-10-8-11(4-6-16-10)13-2-3-14-15(18-13)17-12-5-7-19(14)9-12;5-4-2-1-3-4;;/h5-7,9,11,15-16H,2-4,8,10,12H2,1H3,(H,22,26);2-4,6,8,12H,5,7,9H2,1H3,(H,17,18);2,4H,1,3,5H2;2*1H2/q;;+1;;/t16-;12-;;;/m00.../s1. The molecule has 8 heterocycles. The Kier molecular flexibility index (Phi) is 11.7. The van der Waals surface area contributed by atoms with E-state index in [1.54, 1.807) is 6.20 Å². The molecule has 4 N–H and O–H groups in total. The third-order valence-electron chi connectivity index (χ3n) is 10.7. The number of nitrogens with one attached hydrogen (secondary N) is 2. The van der Waals surface area contributed by atoms with Crippen LogP contribution in [0.1, 0.15) is 56.3 Å². The van der Waals surface area contributed by atoms with Gasteiger partial charge in [0.05, 0.1) is 41.6 Å². The highest BCUT2D eigenvalue weighted by molar-refractivity contribution is 7.59. The summed E-state index contributed by atoms with van der Waals surface area (Å²) < 4.78 is 0. The van der Waals surface area contributed by atoms with Crippen molar-refractivity contribution in [1.82, 2.24) is 25.3 Å². The second-order valence-electron chi connectivity index (χ2n) is 14.4. The summed E-state index contributed by atoms with van der Waals surface area (Å²) in [5.41, 5.74) is 13.7. The normalized spacial score (nSPS) is 21.4. The Hall–Kier alpha value is -4.20. The van der Waals surface area contributed by atoms with Crippen LogP contribution in [0.3, 0.4) is 0 Å². The number of carbonyl (C=O) groups excluding carboxylic acids is 1. The summed E-state index contributed by atoms with van der Waals surface area (Å²) in [4.78, 5) is 37.9. The largest absolute Gasteiger partial charge is 0.366 e. The van der Waals surface area contributed by atoms with E-state index in [0.717, 1.165) is 96.7 Å². The molecule has 2 aliphatic carbocycles. The number of carbonyl (C=O) groups is 1. The molecule has 52 heavy (non-hydrogen) atoms. The molecular formula is C39H51N10OS2+. The Bertz CT molecular complexity index is 1870. The molecule has 0 aromatic carbocycles. The fourth-order valence-electron chi connectivity index (χ4n) is 7.46. The minimum Gasteiger partial charge on any atom is -0.366 e. The van der Waals surface area contributed by atoms with Crippen LogP contribution in [-0.4, -0.2) is 76.3 Å². The van der Waals surface area contributed by atoms with Crippen molar-refractivity contribution in [2.24, 2.45) is 5.73 Å². The summed E-state index contributed by atoms with van der Waals surface area (Å²) in [5, 5.41) is 6.74. The van der Waals surface area contributed by atoms with Crippen LogP contribution in [0.2, 0.25) is 0 Å². The number of fused-ring (bicyclic) bond motifs is 8. The number of rotatable bonds is 3. The lowest BCUT2D eigenvalue weighted by atomic mass is 9.93. The first kappa shape index (κ1) is 37.6. The fourth-order valence-corrected chi connectivity index (χ4v) is 7.46. The Balaban J connectivity index is 0.000000157. The van der Waals surface area contributed by atoms with E-state index in [9.17, 15) is 4.79 Å². The topological polar surface area (TPSA) is 128 Å². The molecule has 2 saturated heterocycles. The van der Waals surface area contributed by atoms with Gasteiger partial charge in [-0.05, 0) is 94.5 Å². The Morgan fingerprint density at radius 1 is 0.827 bits per heavy atom. The molecule has 0 spiro atoms. The number of urea groups is 1. The molecule has 1 unspecified atom stereocenters. The predicted octanol–water partition coefficient (Wildman–Crippen LogP) is 6.11. The van der Waals surface area contributed by atoms with Crippen molar-refractivity contribution < 1.29 is 4.79 Å². The molecule has 4 aliphatic heterocycles. The first-order valence-corrected chi connectivity index (χ1v) is 18.2. The summed E-state index contributed by atoms with van der Waals surface area (Å²) >= 11 is 0.